The molecule has 3 nitrogen and oxygen atoms in total. The summed E-state index contributed by atoms with van der Waals surface area (Å²) in [6.45, 7) is 0.563. The zero-order valence-electron chi connectivity index (χ0n) is 6.13. The van der Waals surface area contributed by atoms with E-state index in [1.54, 1.807) is 27.5 Å². The predicted octanol–water partition coefficient (Wildman–Crippen LogP) is 0.348. The second-order valence-corrected chi connectivity index (χ2v) is 1.64. The lowest BCUT2D eigenvalue weighted by atomic mass is 10.4. The molecule has 0 spiro atoms. The van der Waals surface area contributed by atoms with E-state index in [-0.39, 0.29) is 6.10 Å². The first-order valence-electron chi connectivity index (χ1n) is 2.79. The molecule has 1 unspecified atom stereocenters. The van der Waals surface area contributed by atoms with Gasteiger partial charge in [0.05, 0.1) is 6.61 Å². The minimum absolute atomic E-state index is 0.000000000000000444. The van der Waals surface area contributed by atoms with Gasteiger partial charge in [0.25, 0.3) is 0 Å². The standard InChI is InChI=1S/C6H13NO2/c1-7-4-6(9-3)5-8-2/h4,6H,5H2,1-3H3. The summed E-state index contributed by atoms with van der Waals surface area (Å²) >= 11 is 0. The zero-order valence-corrected chi connectivity index (χ0v) is 6.13. The first kappa shape index (κ1) is 8.59. The number of rotatable bonds is 4. The van der Waals surface area contributed by atoms with Gasteiger partial charge in [-0.3, -0.25) is 4.99 Å². The maximum atomic E-state index is 4.96. The Morgan fingerprint density at radius 1 is 1.56 bits per heavy atom. The van der Waals surface area contributed by atoms with E-state index in [1.807, 2.05) is 0 Å². The number of ether oxygens (including phenoxy) is 2. The van der Waals surface area contributed by atoms with Crippen LogP contribution in [-0.2, 0) is 9.47 Å². The van der Waals surface area contributed by atoms with Crippen LogP contribution in [0.25, 0.3) is 0 Å². The van der Waals surface area contributed by atoms with E-state index in [9.17, 15) is 0 Å². The Kier molecular flexibility index (Phi) is 5.46. The van der Waals surface area contributed by atoms with Crippen molar-refractivity contribution >= 4 is 6.21 Å². The molecule has 9 heavy (non-hydrogen) atoms. The number of methoxy groups -OCH3 is 2. The van der Waals surface area contributed by atoms with Gasteiger partial charge in [0.2, 0.25) is 0 Å². The minimum atomic E-state index is -0.000000000000000444. The van der Waals surface area contributed by atoms with Crippen LogP contribution in [0.2, 0.25) is 0 Å². The Hall–Kier alpha value is -0.410. The monoisotopic (exact) mass is 131 g/mol. The normalized spacial score (nSPS) is 14.6. The van der Waals surface area contributed by atoms with Gasteiger partial charge < -0.3 is 9.47 Å². The maximum absolute atomic E-state index is 4.96. The number of hydrogen-bond donors (Lipinski definition) is 0. The number of hydrogen-bond acceptors (Lipinski definition) is 3. The van der Waals surface area contributed by atoms with Crippen molar-refractivity contribution in [2.45, 2.75) is 6.10 Å². The SMILES string of the molecule is CN=CC(COC)OC. The van der Waals surface area contributed by atoms with Gasteiger partial charge in [0.15, 0.2) is 0 Å². The van der Waals surface area contributed by atoms with Crippen molar-refractivity contribution in [1.29, 1.82) is 0 Å². The average molecular weight is 131 g/mol. The molecule has 0 amide bonds. The Labute approximate surface area is 55.7 Å². The molecule has 54 valence electrons. The molecule has 0 bridgehead atoms. The van der Waals surface area contributed by atoms with Gasteiger partial charge in [-0.15, -0.1) is 0 Å². The van der Waals surface area contributed by atoms with E-state index in [2.05, 4.69) is 4.99 Å². The molecule has 0 fully saturated rings. The Balaban J connectivity index is 3.41. The molecule has 0 heterocycles. The van der Waals surface area contributed by atoms with Crippen molar-refractivity contribution in [3.63, 3.8) is 0 Å². The summed E-state index contributed by atoms with van der Waals surface area (Å²) in [6, 6.07) is 0. The largest absolute Gasteiger partial charge is 0.382 e. The van der Waals surface area contributed by atoms with Crippen LogP contribution in [0, 0.1) is 0 Å². The quantitative estimate of drug-likeness (QED) is 0.515. The lowest BCUT2D eigenvalue weighted by molar-refractivity contribution is 0.0710. The molecule has 0 aliphatic heterocycles. The van der Waals surface area contributed by atoms with E-state index in [4.69, 9.17) is 9.47 Å². The smallest absolute Gasteiger partial charge is 0.115 e. The highest BCUT2D eigenvalue weighted by molar-refractivity contribution is 5.62. The molecule has 1 atom stereocenters. The summed E-state index contributed by atoms with van der Waals surface area (Å²) in [4.78, 5) is 3.80. The van der Waals surface area contributed by atoms with E-state index >= 15 is 0 Å². The van der Waals surface area contributed by atoms with Crippen molar-refractivity contribution in [2.24, 2.45) is 4.99 Å². The van der Waals surface area contributed by atoms with Crippen LogP contribution in [-0.4, -0.2) is 40.2 Å². The van der Waals surface area contributed by atoms with Gasteiger partial charge in [0, 0.05) is 27.5 Å². The Bertz CT molecular complexity index is 83.1. The van der Waals surface area contributed by atoms with Crippen LogP contribution in [0.4, 0.5) is 0 Å². The third-order valence-electron chi connectivity index (χ3n) is 0.949. The third-order valence-corrected chi connectivity index (χ3v) is 0.949. The molecule has 0 aromatic rings. The summed E-state index contributed by atoms with van der Waals surface area (Å²) in [6.07, 6.45) is 1.71. The van der Waals surface area contributed by atoms with Crippen molar-refractivity contribution in [3.8, 4) is 0 Å². The molecule has 0 aromatic heterocycles. The van der Waals surface area contributed by atoms with Crippen LogP contribution in [0.3, 0.4) is 0 Å². The summed E-state index contributed by atoms with van der Waals surface area (Å²) in [5, 5.41) is 0. The zero-order chi connectivity index (χ0) is 7.11. The van der Waals surface area contributed by atoms with E-state index < -0.39 is 0 Å². The minimum Gasteiger partial charge on any atom is -0.382 e. The second-order valence-electron chi connectivity index (χ2n) is 1.64. The van der Waals surface area contributed by atoms with Crippen molar-refractivity contribution in [3.05, 3.63) is 0 Å². The Morgan fingerprint density at radius 3 is 2.56 bits per heavy atom. The average Bonchev–Trinajstić information content (AvgIpc) is 1.88. The molecular formula is C6H13NO2. The van der Waals surface area contributed by atoms with Crippen LogP contribution in [0.5, 0.6) is 0 Å². The summed E-state index contributed by atoms with van der Waals surface area (Å²) < 4.78 is 9.79. The maximum Gasteiger partial charge on any atom is 0.115 e. The second kappa shape index (κ2) is 5.72. The van der Waals surface area contributed by atoms with E-state index in [1.165, 1.54) is 0 Å². The third kappa shape index (κ3) is 4.12. The fourth-order valence-electron chi connectivity index (χ4n) is 0.502. The molecule has 0 N–H and O–H groups in total. The molecule has 0 aliphatic rings. The highest BCUT2D eigenvalue weighted by atomic mass is 16.5. The molecule has 3 heteroatoms. The lowest BCUT2D eigenvalue weighted by Crippen LogP contribution is -2.18. The molecule has 0 radical (unpaired) electrons. The fourth-order valence-corrected chi connectivity index (χ4v) is 0.502. The molecule has 0 rings (SSSR count). The van der Waals surface area contributed by atoms with Crippen LogP contribution in [0.15, 0.2) is 4.99 Å². The first-order valence-corrected chi connectivity index (χ1v) is 2.79. The van der Waals surface area contributed by atoms with Gasteiger partial charge in [-0.2, -0.15) is 0 Å². The van der Waals surface area contributed by atoms with E-state index in [0.717, 1.165) is 0 Å². The van der Waals surface area contributed by atoms with Crippen LogP contribution >= 0.6 is 0 Å². The van der Waals surface area contributed by atoms with Gasteiger partial charge >= 0.3 is 0 Å². The molecular weight excluding hydrogens is 118 g/mol. The number of aliphatic imine (C=N–C) groups is 1. The van der Waals surface area contributed by atoms with Crippen LogP contribution < -0.4 is 0 Å². The van der Waals surface area contributed by atoms with Crippen molar-refractivity contribution in [1.82, 2.24) is 0 Å². The van der Waals surface area contributed by atoms with Gasteiger partial charge in [-0.05, 0) is 0 Å². The molecule has 0 saturated carbocycles. The highest BCUT2D eigenvalue weighted by Crippen LogP contribution is 1.84. The lowest BCUT2D eigenvalue weighted by Gasteiger charge is -2.06. The summed E-state index contributed by atoms with van der Waals surface area (Å²) in [7, 11) is 4.97. The first-order chi connectivity index (χ1) is 4.35. The molecule has 0 aliphatic carbocycles. The van der Waals surface area contributed by atoms with Gasteiger partial charge in [-0.25, -0.2) is 0 Å². The molecule has 0 saturated heterocycles. The topological polar surface area (TPSA) is 30.8 Å². The van der Waals surface area contributed by atoms with E-state index in [0.29, 0.717) is 6.61 Å². The van der Waals surface area contributed by atoms with Gasteiger partial charge in [0.1, 0.15) is 6.10 Å². The molecule has 0 aromatic carbocycles. The number of nitrogens with zero attached hydrogens (tertiary/aromatic N) is 1. The fraction of sp³-hybridized carbons (Fsp3) is 0.833. The van der Waals surface area contributed by atoms with Crippen molar-refractivity contribution in [2.75, 3.05) is 27.9 Å². The summed E-state index contributed by atoms with van der Waals surface area (Å²) in [5.41, 5.74) is 0. The van der Waals surface area contributed by atoms with Gasteiger partial charge in [-0.1, -0.05) is 0 Å². The summed E-state index contributed by atoms with van der Waals surface area (Å²) in [5.74, 6) is 0. The predicted molar refractivity (Wildman–Crippen MR) is 37.1 cm³/mol. The van der Waals surface area contributed by atoms with Crippen LogP contribution in [0.1, 0.15) is 0 Å². The highest BCUT2D eigenvalue weighted by Gasteiger charge is 1.99. The Morgan fingerprint density at radius 2 is 2.22 bits per heavy atom. The van der Waals surface area contributed by atoms with Crippen molar-refractivity contribution < 1.29 is 9.47 Å².